The van der Waals surface area contributed by atoms with Crippen LogP contribution in [0.2, 0.25) is 5.02 Å². The van der Waals surface area contributed by atoms with E-state index in [0.717, 1.165) is 11.3 Å². The molecule has 144 valence electrons. The second kappa shape index (κ2) is 8.42. The predicted molar refractivity (Wildman–Crippen MR) is 108 cm³/mol. The van der Waals surface area contributed by atoms with E-state index in [1.165, 1.54) is 4.31 Å². The van der Waals surface area contributed by atoms with Crippen LogP contribution >= 0.6 is 11.6 Å². The number of halogens is 1. The van der Waals surface area contributed by atoms with Gasteiger partial charge in [-0.2, -0.15) is 0 Å². The van der Waals surface area contributed by atoms with Crippen LogP contribution in [-0.2, 0) is 20.6 Å². The van der Waals surface area contributed by atoms with E-state index in [1.54, 1.807) is 24.3 Å². The molecule has 0 spiro atoms. The van der Waals surface area contributed by atoms with Gasteiger partial charge in [0, 0.05) is 23.8 Å². The summed E-state index contributed by atoms with van der Waals surface area (Å²) in [4.78, 5) is 12.6. The number of carbonyl (C=O) groups excluding carboxylic acids is 1. The lowest BCUT2D eigenvalue weighted by Gasteiger charge is -2.31. The van der Waals surface area contributed by atoms with Gasteiger partial charge in [0.2, 0.25) is 15.9 Å². The molecule has 1 saturated heterocycles. The van der Waals surface area contributed by atoms with Gasteiger partial charge in [-0.05, 0) is 49.1 Å². The van der Waals surface area contributed by atoms with E-state index in [2.05, 4.69) is 5.32 Å². The second-order valence-corrected chi connectivity index (χ2v) is 9.28. The maximum absolute atomic E-state index is 12.8. The molecule has 0 aromatic heterocycles. The summed E-state index contributed by atoms with van der Waals surface area (Å²) in [6, 6.07) is 14.5. The van der Waals surface area contributed by atoms with Crippen LogP contribution in [0.25, 0.3) is 0 Å². The van der Waals surface area contributed by atoms with Gasteiger partial charge in [0.1, 0.15) is 0 Å². The first kappa shape index (κ1) is 19.9. The number of hydrogen-bond donors (Lipinski definition) is 1. The molecule has 0 bridgehead atoms. The van der Waals surface area contributed by atoms with E-state index < -0.39 is 10.0 Å². The molecular weight excluding hydrogens is 384 g/mol. The maximum Gasteiger partial charge on any atom is 0.228 e. The van der Waals surface area contributed by atoms with E-state index in [9.17, 15) is 13.2 Å². The third kappa shape index (κ3) is 5.09. The molecule has 5 nitrogen and oxygen atoms in total. The highest BCUT2D eigenvalue weighted by Crippen LogP contribution is 2.25. The summed E-state index contributed by atoms with van der Waals surface area (Å²) in [6.45, 7) is 2.59. The summed E-state index contributed by atoms with van der Waals surface area (Å²) in [5.41, 5.74) is 2.36. The average molecular weight is 407 g/mol. The first-order valence-electron chi connectivity index (χ1n) is 8.94. The van der Waals surface area contributed by atoms with Gasteiger partial charge in [-0.3, -0.25) is 4.79 Å². The first-order valence-corrected chi connectivity index (χ1v) is 10.9. The fourth-order valence-electron chi connectivity index (χ4n) is 3.28. The highest BCUT2D eigenvalue weighted by molar-refractivity contribution is 7.88. The molecule has 1 aliphatic rings. The van der Waals surface area contributed by atoms with Crippen molar-refractivity contribution in [3.63, 3.8) is 0 Å². The minimum absolute atomic E-state index is 0.141. The second-order valence-electron chi connectivity index (χ2n) is 6.90. The number of nitrogens with one attached hydrogen (secondary N) is 1. The zero-order valence-corrected chi connectivity index (χ0v) is 16.8. The van der Waals surface area contributed by atoms with Crippen molar-refractivity contribution in [3.05, 3.63) is 64.7 Å². The fraction of sp³-hybridized carbons (Fsp3) is 0.350. The minimum Gasteiger partial charge on any atom is -0.326 e. The summed E-state index contributed by atoms with van der Waals surface area (Å²) in [5, 5.41) is 3.34. The summed E-state index contributed by atoms with van der Waals surface area (Å²) in [6.07, 6.45) is 1.34. The lowest BCUT2D eigenvalue weighted by Crippen LogP contribution is -2.44. The molecule has 1 atom stereocenters. The average Bonchev–Trinajstić information content (AvgIpc) is 2.64. The van der Waals surface area contributed by atoms with Gasteiger partial charge in [-0.15, -0.1) is 0 Å². The zero-order valence-electron chi connectivity index (χ0n) is 15.2. The molecule has 2 aromatic carbocycles. The highest BCUT2D eigenvalue weighted by Gasteiger charge is 2.32. The summed E-state index contributed by atoms with van der Waals surface area (Å²) in [7, 11) is -3.54. The smallest absolute Gasteiger partial charge is 0.228 e. The molecule has 0 aliphatic carbocycles. The monoisotopic (exact) mass is 406 g/mol. The van der Waals surface area contributed by atoms with Crippen LogP contribution in [-0.4, -0.2) is 31.7 Å². The van der Waals surface area contributed by atoms with Gasteiger partial charge in [-0.1, -0.05) is 41.9 Å². The number of amides is 1. The molecule has 2 aromatic rings. The Kier molecular flexibility index (Phi) is 6.19. The van der Waals surface area contributed by atoms with Gasteiger partial charge >= 0.3 is 0 Å². The number of aryl methyl sites for hydroxylation is 1. The van der Waals surface area contributed by atoms with Crippen molar-refractivity contribution in [2.45, 2.75) is 25.5 Å². The Balaban J connectivity index is 1.68. The van der Waals surface area contributed by atoms with Crippen LogP contribution < -0.4 is 5.32 Å². The molecule has 27 heavy (non-hydrogen) atoms. The van der Waals surface area contributed by atoms with Crippen molar-refractivity contribution >= 4 is 33.2 Å². The number of rotatable bonds is 5. The Morgan fingerprint density at radius 1 is 1.22 bits per heavy atom. The summed E-state index contributed by atoms with van der Waals surface area (Å²) < 4.78 is 27.0. The number of piperidine rings is 1. The quantitative estimate of drug-likeness (QED) is 0.820. The molecule has 1 aliphatic heterocycles. The molecule has 1 heterocycles. The Morgan fingerprint density at radius 3 is 2.74 bits per heavy atom. The molecule has 1 fully saturated rings. The third-order valence-corrected chi connectivity index (χ3v) is 6.89. The minimum atomic E-state index is -3.54. The topological polar surface area (TPSA) is 66.5 Å². The molecule has 7 heteroatoms. The first-order chi connectivity index (χ1) is 12.8. The van der Waals surface area contributed by atoms with E-state index >= 15 is 0 Å². The van der Waals surface area contributed by atoms with Crippen molar-refractivity contribution < 1.29 is 13.2 Å². The van der Waals surface area contributed by atoms with Crippen LogP contribution in [0.4, 0.5) is 5.69 Å². The normalized spacial score (nSPS) is 18.2. The van der Waals surface area contributed by atoms with Gasteiger partial charge in [0.05, 0.1) is 11.7 Å². The van der Waals surface area contributed by atoms with E-state index in [1.807, 2.05) is 31.2 Å². The molecule has 0 saturated carbocycles. The van der Waals surface area contributed by atoms with Crippen LogP contribution in [0.3, 0.4) is 0 Å². The van der Waals surface area contributed by atoms with Crippen molar-refractivity contribution in [3.8, 4) is 0 Å². The number of hydrogen-bond acceptors (Lipinski definition) is 3. The van der Waals surface area contributed by atoms with Crippen molar-refractivity contribution in [2.75, 3.05) is 18.4 Å². The summed E-state index contributed by atoms with van der Waals surface area (Å²) >= 11 is 6.10. The molecular formula is C20H23ClN2O3S. The molecule has 0 unspecified atom stereocenters. The van der Waals surface area contributed by atoms with Crippen LogP contribution in [0.1, 0.15) is 24.0 Å². The fourth-order valence-corrected chi connectivity index (χ4v) is 5.20. The van der Waals surface area contributed by atoms with Crippen molar-refractivity contribution in [2.24, 2.45) is 5.92 Å². The number of carbonyl (C=O) groups is 1. The van der Waals surface area contributed by atoms with Gasteiger partial charge in [0.25, 0.3) is 0 Å². The highest BCUT2D eigenvalue weighted by atomic mass is 35.5. The molecule has 0 radical (unpaired) electrons. The lowest BCUT2D eigenvalue weighted by atomic mass is 9.98. The molecule has 3 rings (SSSR count). The lowest BCUT2D eigenvalue weighted by molar-refractivity contribution is -0.120. The van der Waals surface area contributed by atoms with Crippen molar-refractivity contribution in [1.29, 1.82) is 0 Å². The van der Waals surface area contributed by atoms with Crippen LogP contribution in [0.15, 0.2) is 48.5 Å². The van der Waals surface area contributed by atoms with E-state index in [-0.39, 0.29) is 24.1 Å². The van der Waals surface area contributed by atoms with Gasteiger partial charge in [-0.25, -0.2) is 12.7 Å². The standard InChI is InChI=1S/C20H23ClN2O3S/c1-15-6-4-9-18(12-15)22-20(24)16-8-5-11-23(13-16)27(25,26)14-17-7-2-3-10-19(17)21/h2-4,6-7,9-10,12,16H,5,8,11,13-14H2,1H3,(H,22,24)/t16-/m0/s1. The zero-order chi connectivity index (χ0) is 19.4. The Bertz CT molecular complexity index is 930. The SMILES string of the molecule is Cc1cccc(NC(=O)[C@H]2CCCN(S(=O)(=O)Cc3ccccc3Cl)C2)c1. The van der Waals surface area contributed by atoms with Crippen molar-refractivity contribution in [1.82, 2.24) is 4.31 Å². The molecule has 1 amide bonds. The van der Waals surface area contributed by atoms with E-state index in [4.69, 9.17) is 11.6 Å². The maximum atomic E-state index is 12.8. The Hall–Kier alpha value is -1.89. The number of benzene rings is 2. The number of anilines is 1. The van der Waals surface area contributed by atoms with Gasteiger partial charge < -0.3 is 5.32 Å². The van der Waals surface area contributed by atoms with Gasteiger partial charge in [0.15, 0.2) is 0 Å². The predicted octanol–water partition coefficient (Wildman–Crippen LogP) is 3.83. The Labute approximate surface area is 165 Å². The number of nitrogens with zero attached hydrogens (tertiary/aromatic N) is 1. The molecule has 1 N–H and O–H groups in total. The summed E-state index contributed by atoms with van der Waals surface area (Å²) in [5.74, 6) is -0.655. The van der Waals surface area contributed by atoms with Crippen LogP contribution in [0, 0.1) is 12.8 Å². The van der Waals surface area contributed by atoms with E-state index in [0.29, 0.717) is 30.0 Å². The van der Waals surface area contributed by atoms with Crippen LogP contribution in [0.5, 0.6) is 0 Å². The largest absolute Gasteiger partial charge is 0.326 e. The number of sulfonamides is 1. The Morgan fingerprint density at radius 2 is 2.00 bits per heavy atom. The third-order valence-electron chi connectivity index (χ3n) is 4.73.